The zero-order chi connectivity index (χ0) is 37.0. The van der Waals surface area contributed by atoms with E-state index in [1.54, 1.807) is 24.0 Å². The zero-order valence-electron chi connectivity index (χ0n) is 27.5. The van der Waals surface area contributed by atoms with E-state index in [-0.39, 0.29) is 55.8 Å². The molecule has 6 rings (SSSR count). The van der Waals surface area contributed by atoms with Crippen LogP contribution in [0.25, 0.3) is 5.57 Å². The Labute approximate surface area is 287 Å². The highest BCUT2D eigenvalue weighted by atomic mass is 19.4. The minimum Gasteiger partial charge on any atom is -0.483 e. The molecule has 2 aliphatic carbocycles. The Hall–Kier alpha value is -4.66. The van der Waals surface area contributed by atoms with Crippen molar-refractivity contribution in [3.8, 4) is 0 Å². The van der Waals surface area contributed by atoms with Crippen molar-refractivity contribution < 1.29 is 50.2 Å². The van der Waals surface area contributed by atoms with Crippen LogP contribution in [-0.2, 0) is 26.9 Å². The number of alkyl halides is 4. The van der Waals surface area contributed by atoms with Crippen molar-refractivity contribution >= 4 is 17.4 Å². The van der Waals surface area contributed by atoms with Crippen LogP contribution in [0.2, 0.25) is 0 Å². The van der Waals surface area contributed by atoms with Gasteiger partial charge in [0.1, 0.15) is 29.4 Å². The fourth-order valence-corrected chi connectivity index (χ4v) is 7.07. The summed E-state index contributed by atoms with van der Waals surface area (Å²) >= 11 is 0. The van der Waals surface area contributed by atoms with Crippen LogP contribution in [0.15, 0.2) is 70.7 Å². The van der Waals surface area contributed by atoms with Gasteiger partial charge in [-0.15, -0.1) is 0 Å². The van der Waals surface area contributed by atoms with Crippen molar-refractivity contribution in [1.82, 2.24) is 14.8 Å². The highest BCUT2D eigenvalue weighted by Crippen LogP contribution is 2.43. The number of benzene rings is 1. The number of hydrogen-bond donors (Lipinski definition) is 2. The number of ether oxygens (including phenoxy) is 1. The van der Waals surface area contributed by atoms with Crippen LogP contribution < -0.4 is 10.9 Å². The van der Waals surface area contributed by atoms with Crippen LogP contribution >= 0.6 is 0 Å². The van der Waals surface area contributed by atoms with Crippen LogP contribution in [0, 0.1) is 17.6 Å². The summed E-state index contributed by atoms with van der Waals surface area (Å²) in [5.74, 6) is -6.75. The lowest BCUT2D eigenvalue weighted by Crippen LogP contribution is -2.49. The number of fused-ring (bicyclic) bond motifs is 4. The predicted octanol–water partition coefficient (Wildman–Crippen LogP) is 6.49. The summed E-state index contributed by atoms with van der Waals surface area (Å²) in [7, 11) is 0. The van der Waals surface area contributed by atoms with Gasteiger partial charge < -0.3 is 15.2 Å². The van der Waals surface area contributed by atoms with Gasteiger partial charge in [-0.3, -0.25) is 23.9 Å². The van der Waals surface area contributed by atoms with Gasteiger partial charge in [0.2, 0.25) is 5.91 Å². The molecule has 4 bridgehead atoms. The number of aromatic nitrogens is 1. The Morgan fingerprint density at radius 2 is 1.86 bits per heavy atom. The van der Waals surface area contributed by atoms with Crippen molar-refractivity contribution in [3.05, 3.63) is 110 Å². The number of nitrogens with one attached hydrogen (secondary N) is 1. The number of halogens is 7. The summed E-state index contributed by atoms with van der Waals surface area (Å²) < 4.78 is 110. The molecule has 0 spiro atoms. The third-order valence-electron chi connectivity index (χ3n) is 9.62. The van der Waals surface area contributed by atoms with Crippen LogP contribution in [0.1, 0.15) is 67.4 Å². The van der Waals surface area contributed by atoms with Crippen molar-refractivity contribution in [1.29, 1.82) is 0 Å². The quantitative estimate of drug-likeness (QED) is 0.331. The molecular weight excluding hydrogens is 687 g/mol. The molecule has 1 aromatic carbocycles. The summed E-state index contributed by atoms with van der Waals surface area (Å²) in [6.07, 6.45) is -0.573. The van der Waals surface area contributed by atoms with Crippen molar-refractivity contribution in [2.75, 3.05) is 19.6 Å². The van der Waals surface area contributed by atoms with Crippen LogP contribution in [0.5, 0.6) is 0 Å². The third kappa shape index (κ3) is 7.26. The van der Waals surface area contributed by atoms with E-state index in [1.165, 1.54) is 12.1 Å². The summed E-state index contributed by atoms with van der Waals surface area (Å²) in [6, 6.07) is -1.45. The number of likely N-dealkylation sites (tertiary alicyclic amines) is 1. The largest absolute Gasteiger partial charge is 0.483 e. The second kappa shape index (κ2) is 13.5. The number of carbonyl (C=O) groups is 2. The van der Waals surface area contributed by atoms with Gasteiger partial charge in [-0.05, 0) is 67.2 Å². The zero-order valence-corrected chi connectivity index (χ0v) is 27.5. The molecule has 15 heteroatoms. The predicted molar refractivity (Wildman–Crippen MR) is 170 cm³/mol. The fourth-order valence-electron chi connectivity index (χ4n) is 7.07. The fraction of sp³-hybridized carbons (Fsp3) is 0.417. The molecule has 1 aromatic heterocycles. The molecule has 2 N–H and O–H groups in total. The first-order chi connectivity index (χ1) is 23.9. The molecular formula is C36H34F7N3O5. The number of nitrogens with zero attached hydrogens (tertiary/aromatic N) is 2. The number of carboxylic acids is 1. The van der Waals surface area contributed by atoms with Crippen molar-refractivity contribution in [2.24, 2.45) is 5.92 Å². The Kier molecular flexibility index (Phi) is 9.55. The molecule has 1 saturated heterocycles. The smallest absolute Gasteiger partial charge is 0.416 e. The minimum absolute atomic E-state index is 0.00291. The van der Waals surface area contributed by atoms with Gasteiger partial charge in [-0.25, -0.2) is 17.6 Å². The summed E-state index contributed by atoms with van der Waals surface area (Å²) in [5.41, 5.74) is -5.00. The van der Waals surface area contributed by atoms with E-state index < -0.39 is 93.6 Å². The first-order valence-electron chi connectivity index (χ1n) is 16.3. The minimum atomic E-state index is -5.00. The van der Waals surface area contributed by atoms with E-state index in [9.17, 15) is 37.1 Å². The molecule has 0 radical (unpaired) electrons. The maximum atomic E-state index is 16.0. The highest BCUT2D eigenvalue weighted by Gasteiger charge is 2.41. The van der Waals surface area contributed by atoms with Gasteiger partial charge in [0.25, 0.3) is 5.56 Å². The number of hydrogen-bond acceptors (Lipinski definition) is 5. The van der Waals surface area contributed by atoms with Gasteiger partial charge in [0, 0.05) is 55.0 Å². The molecule has 51 heavy (non-hydrogen) atoms. The molecule has 2 aliphatic heterocycles. The number of rotatable bonds is 6. The second-order valence-electron chi connectivity index (χ2n) is 13.6. The first-order valence-corrected chi connectivity index (χ1v) is 16.3. The summed E-state index contributed by atoms with van der Waals surface area (Å²) in [4.78, 5) is 41.4. The van der Waals surface area contributed by atoms with Crippen LogP contribution in [0.4, 0.5) is 30.7 Å². The first kappa shape index (κ1) is 36.1. The lowest BCUT2D eigenvalue weighted by atomic mass is 9.85. The van der Waals surface area contributed by atoms with Crippen LogP contribution in [0.3, 0.4) is 0 Å². The SMILES string of the molecule is CC1CC=CC2=C1c1cc(F)c(F)c(c1)[C@H](CC(=O)O)NC(=O)[C@@H](n1cc(CCN3CC(F)C3)c(C(F)(F)F)cc1=O)C1=CC(C)(CC=C1F)O2. The third-order valence-corrected chi connectivity index (χ3v) is 9.62. The van der Waals surface area contributed by atoms with E-state index in [4.69, 9.17) is 4.74 Å². The average molecular weight is 722 g/mol. The Bertz CT molecular complexity index is 1960. The molecule has 4 atom stereocenters. The molecule has 2 aromatic rings. The van der Waals surface area contributed by atoms with Crippen molar-refractivity contribution in [2.45, 2.75) is 69.6 Å². The number of pyridine rings is 1. The Morgan fingerprint density at radius 3 is 2.53 bits per heavy atom. The van der Waals surface area contributed by atoms with Gasteiger partial charge in [0.15, 0.2) is 11.6 Å². The highest BCUT2D eigenvalue weighted by molar-refractivity contribution is 5.86. The summed E-state index contributed by atoms with van der Waals surface area (Å²) in [6.45, 7) is 3.35. The molecule has 0 saturated carbocycles. The van der Waals surface area contributed by atoms with E-state index in [2.05, 4.69) is 5.32 Å². The van der Waals surface area contributed by atoms with Gasteiger partial charge in [0.05, 0.1) is 18.0 Å². The monoisotopic (exact) mass is 721 g/mol. The lowest BCUT2D eigenvalue weighted by molar-refractivity contribution is -0.139. The Balaban J connectivity index is 1.58. The van der Waals surface area contributed by atoms with Crippen molar-refractivity contribution in [3.63, 3.8) is 0 Å². The van der Waals surface area contributed by atoms with E-state index in [1.807, 2.05) is 6.92 Å². The number of allylic oxidation sites excluding steroid dienone is 4. The molecule has 2 unspecified atom stereocenters. The lowest BCUT2D eigenvalue weighted by Gasteiger charge is -2.35. The average Bonchev–Trinajstić information content (AvgIpc) is 3.02. The normalized spacial score (nSPS) is 25.7. The molecule has 1 fully saturated rings. The van der Waals surface area contributed by atoms with E-state index >= 15 is 13.2 Å². The molecule has 3 heterocycles. The standard InChI is InChI=1S/C36H34F7N3O5/c1-18-4-3-5-28-31(18)20-10-22(32(40)26(39)11-20)27(13-30(48)49)44-34(50)33(23-14-35(2,51-28)8-6-25(23)38)46-15-19(7-9-45-16-21(37)17-45)24(12-29(46)47)36(41,42)43/h3,5-6,10-12,14-15,18,21,27,33H,4,7-9,13,16-17H2,1-2H3,(H,44,50)(H,48,49)/t18?,27-,33-,35?/m0/s1. The molecule has 4 aliphatic rings. The number of aliphatic carboxylic acids is 1. The van der Waals surface area contributed by atoms with Gasteiger partial charge in [-0.2, -0.15) is 13.2 Å². The molecule has 8 nitrogen and oxygen atoms in total. The topological polar surface area (TPSA) is 101 Å². The molecule has 1 amide bonds. The van der Waals surface area contributed by atoms with Crippen LogP contribution in [-0.4, -0.2) is 57.9 Å². The summed E-state index contributed by atoms with van der Waals surface area (Å²) in [5, 5.41) is 12.1. The van der Waals surface area contributed by atoms with Gasteiger partial charge in [-0.1, -0.05) is 13.0 Å². The Morgan fingerprint density at radius 1 is 1.14 bits per heavy atom. The molecule has 272 valence electrons. The van der Waals surface area contributed by atoms with E-state index in [0.29, 0.717) is 16.6 Å². The number of amides is 1. The maximum Gasteiger partial charge on any atom is 0.416 e. The second-order valence-corrected chi connectivity index (χ2v) is 13.6. The number of carboxylic acid groups (broad SMARTS) is 1. The number of carbonyl (C=O) groups excluding carboxylic acids is 1. The maximum absolute atomic E-state index is 16.0. The van der Waals surface area contributed by atoms with E-state index in [0.717, 1.165) is 18.3 Å². The van der Waals surface area contributed by atoms with Gasteiger partial charge >= 0.3 is 12.1 Å².